The van der Waals surface area contributed by atoms with Gasteiger partial charge in [0.15, 0.2) is 0 Å². The molecular weight excluding hydrogens is 544 g/mol. The molecule has 0 fully saturated rings. The van der Waals surface area contributed by atoms with Gasteiger partial charge in [0, 0.05) is 34.4 Å². The van der Waals surface area contributed by atoms with E-state index >= 15 is 0 Å². The van der Waals surface area contributed by atoms with E-state index in [1.165, 1.54) is 14.2 Å². The molecule has 0 saturated carbocycles. The van der Waals surface area contributed by atoms with Crippen molar-refractivity contribution in [3.05, 3.63) is 113 Å². The fourth-order valence-corrected chi connectivity index (χ4v) is 4.69. The number of nitrogens with zero attached hydrogens (tertiary/aromatic N) is 4. The van der Waals surface area contributed by atoms with Crippen LogP contribution in [0.4, 0.5) is 22.7 Å². The lowest BCUT2D eigenvalue weighted by Gasteiger charge is -2.09. The number of rotatable bonds is 7. The fourth-order valence-electron chi connectivity index (χ4n) is 4.69. The van der Waals surface area contributed by atoms with Crippen LogP contribution in [0.5, 0.6) is 17.2 Å². The number of phenolic OH excluding ortho intramolecular Hbond substituents is 1. The second-order valence-electron chi connectivity index (χ2n) is 9.78. The zero-order valence-electron chi connectivity index (χ0n) is 23.6. The molecule has 9 heteroatoms. The number of azo groups is 2. The number of methoxy groups -OCH3 is 2. The van der Waals surface area contributed by atoms with Gasteiger partial charge in [0.25, 0.3) is 0 Å². The van der Waals surface area contributed by atoms with Crippen molar-refractivity contribution >= 4 is 44.5 Å². The molecule has 6 rings (SSSR count). The van der Waals surface area contributed by atoms with Crippen LogP contribution in [0.15, 0.2) is 127 Å². The summed E-state index contributed by atoms with van der Waals surface area (Å²) in [6.07, 6.45) is 0. The highest BCUT2D eigenvalue weighted by atomic mass is 16.5. The topological polar surface area (TPSA) is 118 Å². The van der Waals surface area contributed by atoms with Gasteiger partial charge in [-0.3, -0.25) is 0 Å². The summed E-state index contributed by atoms with van der Waals surface area (Å²) in [5.41, 5.74) is 4.29. The molecule has 0 unspecified atom stereocenters. The average Bonchev–Trinajstić information content (AvgIpc) is 3.03. The SMILES string of the molecule is COc1cc(N=Nc2ccc(O)c3ccccc23)c(OC)cc1N=Nc1ccc2cc(-c3ccc(C)cc3)c(=O)oc2c1. The third kappa shape index (κ3) is 5.56. The predicted molar refractivity (Wildman–Crippen MR) is 166 cm³/mol. The van der Waals surface area contributed by atoms with Crippen molar-refractivity contribution < 1.29 is 19.0 Å². The Morgan fingerprint density at radius 3 is 2.02 bits per heavy atom. The number of ether oxygens (including phenoxy) is 2. The molecule has 0 amide bonds. The van der Waals surface area contributed by atoms with Gasteiger partial charge in [-0.1, -0.05) is 54.1 Å². The molecule has 1 aromatic heterocycles. The van der Waals surface area contributed by atoms with Crippen molar-refractivity contribution in [3.63, 3.8) is 0 Å². The number of aryl methyl sites for hydroxylation is 1. The standard InChI is InChI=1S/C34H26N4O5/c1-20-8-10-21(11-9-20)26-16-22-12-13-23(17-31(22)43-34(26)40)35-37-28-18-33(42-3)29(19-32(28)41-2)38-36-27-14-15-30(39)25-7-5-4-6-24(25)27/h4-19,39H,1-3H3. The minimum Gasteiger partial charge on any atom is -0.507 e. The van der Waals surface area contributed by atoms with Gasteiger partial charge in [-0.2, -0.15) is 5.11 Å². The highest BCUT2D eigenvalue weighted by Crippen LogP contribution is 2.42. The number of phenols is 1. The van der Waals surface area contributed by atoms with Crippen LogP contribution in [0, 0.1) is 6.92 Å². The first-order chi connectivity index (χ1) is 20.9. The van der Waals surface area contributed by atoms with Crippen molar-refractivity contribution in [2.75, 3.05) is 14.2 Å². The van der Waals surface area contributed by atoms with Crippen LogP contribution < -0.4 is 15.1 Å². The number of benzene rings is 5. The average molecular weight is 571 g/mol. The lowest BCUT2D eigenvalue weighted by atomic mass is 10.0. The largest absolute Gasteiger partial charge is 0.507 e. The van der Waals surface area contributed by atoms with E-state index in [4.69, 9.17) is 13.9 Å². The van der Waals surface area contributed by atoms with Gasteiger partial charge < -0.3 is 19.0 Å². The molecule has 0 saturated heterocycles. The normalized spacial score (nSPS) is 11.6. The van der Waals surface area contributed by atoms with Crippen molar-refractivity contribution in [1.29, 1.82) is 0 Å². The molecule has 5 aromatic carbocycles. The lowest BCUT2D eigenvalue weighted by molar-refractivity contribution is 0.405. The van der Waals surface area contributed by atoms with Gasteiger partial charge >= 0.3 is 5.63 Å². The molecule has 0 spiro atoms. The summed E-state index contributed by atoms with van der Waals surface area (Å²) in [7, 11) is 3.04. The second kappa shape index (κ2) is 11.6. The Balaban J connectivity index is 1.30. The van der Waals surface area contributed by atoms with Crippen molar-refractivity contribution in [3.8, 4) is 28.4 Å². The number of aromatic hydroxyl groups is 1. The molecule has 9 nitrogen and oxygen atoms in total. The van der Waals surface area contributed by atoms with Gasteiger partial charge in [-0.25, -0.2) is 4.79 Å². The Morgan fingerprint density at radius 1 is 0.674 bits per heavy atom. The minimum atomic E-state index is -0.429. The van der Waals surface area contributed by atoms with E-state index < -0.39 is 5.63 Å². The lowest BCUT2D eigenvalue weighted by Crippen LogP contribution is -2.02. The van der Waals surface area contributed by atoms with Crippen LogP contribution in [0.3, 0.4) is 0 Å². The Morgan fingerprint density at radius 2 is 1.33 bits per heavy atom. The summed E-state index contributed by atoms with van der Waals surface area (Å²) >= 11 is 0. The van der Waals surface area contributed by atoms with Crippen LogP contribution in [-0.4, -0.2) is 19.3 Å². The van der Waals surface area contributed by atoms with Crippen LogP contribution in [0.1, 0.15) is 5.56 Å². The van der Waals surface area contributed by atoms with E-state index in [1.807, 2.05) is 67.6 Å². The first kappa shape index (κ1) is 27.3. The van der Waals surface area contributed by atoms with Gasteiger partial charge in [-0.05, 0) is 42.8 Å². The maximum absolute atomic E-state index is 12.7. The first-order valence-corrected chi connectivity index (χ1v) is 13.4. The third-order valence-electron chi connectivity index (χ3n) is 6.98. The van der Waals surface area contributed by atoms with Crippen LogP contribution in [0.2, 0.25) is 0 Å². The number of fused-ring (bicyclic) bond motifs is 2. The van der Waals surface area contributed by atoms with Crippen molar-refractivity contribution in [2.24, 2.45) is 20.5 Å². The fraction of sp³-hybridized carbons (Fsp3) is 0.0882. The Bertz CT molecular complexity index is 2100. The molecule has 0 aliphatic carbocycles. The monoisotopic (exact) mass is 570 g/mol. The molecule has 0 aliphatic rings. The van der Waals surface area contributed by atoms with Gasteiger partial charge in [0.05, 0.1) is 31.2 Å². The molecule has 0 radical (unpaired) electrons. The minimum absolute atomic E-state index is 0.170. The number of hydrogen-bond acceptors (Lipinski definition) is 9. The van der Waals surface area contributed by atoms with E-state index in [1.54, 1.807) is 36.4 Å². The van der Waals surface area contributed by atoms with E-state index in [-0.39, 0.29) is 5.75 Å². The second-order valence-corrected chi connectivity index (χ2v) is 9.78. The van der Waals surface area contributed by atoms with Gasteiger partial charge in [-0.15, -0.1) is 15.3 Å². The quantitative estimate of drug-likeness (QED) is 0.151. The molecule has 43 heavy (non-hydrogen) atoms. The predicted octanol–water partition coefficient (Wildman–Crippen LogP) is 9.48. The van der Waals surface area contributed by atoms with Gasteiger partial charge in [0.2, 0.25) is 0 Å². The molecule has 6 aromatic rings. The maximum Gasteiger partial charge on any atom is 0.344 e. The summed E-state index contributed by atoms with van der Waals surface area (Å²) in [5.74, 6) is 0.989. The summed E-state index contributed by atoms with van der Waals surface area (Å²) in [4.78, 5) is 12.7. The zero-order chi connectivity index (χ0) is 29.9. The Labute approximate surface area is 246 Å². The Hall–Kier alpha value is -5.83. The highest BCUT2D eigenvalue weighted by Gasteiger charge is 2.13. The van der Waals surface area contributed by atoms with Crippen molar-refractivity contribution in [2.45, 2.75) is 6.92 Å². The van der Waals surface area contributed by atoms with E-state index in [0.717, 1.165) is 21.9 Å². The third-order valence-corrected chi connectivity index (χ3v) is 6.98. The van der Waals surface area contributed by atoms with E-state index in [0.29, 0.717) is 50.8 Å². The van der Waals surface area contributed by atoms with Crippen LogP contribution in [-0.2, 0) is 0 Å². The zero-order valence-corrected chi connectivity index (χ0v) is 23.6. The molecule has 0 atom stereocenters. The van der Waals surface area contributed by atoms with E-state index in [2.05, 4.69) is 20.5 Å². The molecule has 0 bridgehead atoms. The number of hydrogen-bond donors (Lipinski definition) is 1. The smallest absolute Gasteiger partial charge is 0.344 e. The maximum atomic E-state index is 12.7. The summed E-state index contributed by atoms with van der Waals surface area (Å²) < 4.78 is 16.7. The van der Waals surface area contributed by atoms with E-state index in [9.17, 15) is 9.90 Å². The van der Waals surface area contributed by atoms with Crippen molar-refractivity contribution in [1.82, 2.24) is 0 Å². The summed E-state index contributed by atoms with van der Waals surface area (Å²) in [5, 5.41) is 29.9. The Kier molecular flexibility index (Phi) is 7.36. The summed E-state index contributed by atoms with van der Waals surface area (Å²) in [6, 6.07) is 28.8. The molecule has 1 heterocycles. The first-order valence-electron chi connectivity index (χ1n) is 13.4. The molecular formula is C34H26N4O5. The van der Waals surface area contributed by atoms with Crippen LogP contribution >= 0.6 is 0 Å². The highest BCUT2D eigenvalue weighted by molar-refractivity contribution is 5.96. The molecule has 0 aliphatic heterocycles. The van der Waals surface area contributed by atoms with Crippen LogP contribution in [0.25, 0.3) is 32.9 Å². The molecule has 212 valence electrons. The molecule has 1 N–H and O–H groups in total. The van der Waals surface area contributed by atoms with Gasteiger partial charge in [0.1, 0.15) is 34.2 Å². The summed E-state index contributed by atoms with van der Waals surface area (Å²) in [6.45, 7) is 2.00.